The molecule has 150 valence electrons. The van der Waals surface area contributed by atoms with Crippen LogP contribution < -0.4 is 10.0 Å². The Morgan fingerprint density at radius 2 is 1.79 bits per heavy atom. The van der Waals surface area contributed by atoms with Crippen LogP contribution in [0.5, 0.6) is 0 Å². The number of rotatable bonds is 6. The lowest BCUT2D eigenvalue weighted by atomic mass is 9.98. The minimum absolute atomic E-state index is 0.113. The minimum atomic E-state index is 0.113. The molecule has 0 saturated carbocycles. The molecule has 0 aliphatic heterocycles. The summed E-state index contributed by atoms with van der Waals surface area (Å²) in [6, 6.07) is 1.74. The maximum atomic E-state index is 11.1. The van der Waals surface area contributed by atoms with Crippen LogP contribution >= 0.6 is 23.5 Å². The quantitative estimate of drug-likeness (QED) is 0.391. The fourth-order valence-corrected chi connectivity index (χ4v) is 4.84. The highest BCUT2D eigenvalue weighted by molar-refractivity contribution is 7.97. The van der Waals surface area contributed by atoms with Crippen LogP contribution in [0.25, 0.3) is 0 Å². The summed E-state index contributed by atoms with van der Waals surface area (Å²) in [4.78, 5) is 21.9. The highest BCUT2D eigenvalue weighted by Gasteiger charge is 2.27. The van der Waals surface area contributed by atoms with Crippen molar-refractivity contribution >= 4 is 41.4 Å². The Kier molecular flexibility index (Phi) is 7.21. The van der Waals surface area contributed by atoms with E-state index in [1.807, 2.05) is 6.92 Å². The van der Waals surface area contributed by atoms with E-state index in [0.29, 0.717) is 17.1 Å². The van der Waals surface area contributed by atoms with E-state index in [2.05, 4.69) is 10.0 Å². The minimum Gasteiger partial charge on any atom is -0.456 e. The molecule has 1 amide bonds. The molecule has 28 heavy (non-hydrogen) atoms. The van der Waals surface area contributed by atoms with E-state index in [-0.39, 0.29) is 5.78 Å². The third-order valence-electron chi connectivity index (χ3n) is 5.19. The second-order valence-electron chi connectivity index (χ2n) is 6.81. The SMILES string of the molecule is CCC(=O)c1coc(SNC)c1.O=CNc1c2c(c(Cl)c3c1CCC3)CCC2. The third kappa shape index (κ3) is 4.29. The number of halogens is 1. The molecule has 2 aliphatic carbocycles. The van der Waals surface area contributed by atoms with Crippen molar-refractivity contribution in [3.63, 3.8) is 0 Å². The van der Waals surface area contributed by atoms with Gasteiger partial charge in [0, 0.05) is 23.2 Å². The number of furan rings is 1. The molecule has 1 aromatic heterocycles. The van der Waals surface area contributed by atoms with Crippen molar-refractivity contribution in [1.82, 2.24) is 4.72 Å². The predicted molar refractivity (Wildman–Crippen MR) is 113 cm³/mol. The molecule has 0 atom stereocenters. The highest BCUT2D eigenvalue weighted by Crippen LogP contribution is 2.43. The Balaban J connectivity index is 0.000000169. The van der Waals surface area contributed by atoms with Crippen LogP contribution in [0, 0.1) is 0 Å². The van der Waals surface area contributed by atoms with Crippen LogP contribution in [0.15, 0.2) is 21.8 Å². The van der Waals surface area contributed by atoms with Crippen molar-refractivity contribution < 1.29 is 14.0 Å². The monoisotopic (exact) mass is 420 g/mol. The lowest BCUT2D eigenvalue weighted by Gasteiger charge is -2.15. The first kappa shape index (κ1) is 21.0. The van der Waals surface area contributed by atoms with Gasteiger partial charge in [-0.3, -0.25) is 14.3 Å². The summed E-state index contributed by atoms with van der Waals surface area (Å²) in [6.07, 6.45) is 9.35. The topological polar surface area (TPSA) is 71.3 Å². The average Bonchev–Trinajstić information content (AvgIpc) is 3.45. The number of hydrogen-bond acceptors (Lipinski definition) is 5. The third-order valence-corrected chi connectivity index (χ3v) is 6.27. The van der Waals surface area contributed by atoms with Crippen molar-refractivity contribution in [1.29, 1.82) is 0 Å². The van der Waals surface area contributed by atoms with Crippen molar-refractivity contribution in [2.75, 3.05) is 12.4 Å². The van der Waals surface area contributed by atoms with E-state index < -0.39 is 0 Å². The lowest BCUT2D eigenvalue weighted by molar-refractivity contribution is -0.105. The molecule has 1 heterocycles. The molecule has 0 bridgehead atoms. The molecule has 0 radical (unpaired) electrons. The Morgan fingerprint density at radius 1 is 1.18 bits per heavy atom. The van der Waals surface area contributed by atoms with E-state index in [1.54, 1.807) is 13.1 Å². The molecule has 2 N–H and O–H groups in total. The Hall–Kier alpha value is -1.76. The van der Waals surface area contributed by atoms with Gasteiger partial charge in [0.15, 0.2) is 10.9 Å². The second kappa shape index (κ2) is 9.63. The van der Waals surface area contributed by atoms with Gasteiger partial charge in [-0.1, -0.05) is 18.5 Å². The Bertz CT molecular complexity index is 844. The number of carbonyl (C=O) groups is 2. The van der Waals surface area contributed by atoms with Gasteiger partial charge in [0.2, 0.25) is 6.41 Å². The largest absolute Gasteiger partial charge is 0.456 e. The average molecular weight is 421 g/mol. The summed E-state index contributed by atoms with van der Waals surface area (Å²) < 4.78 is 7.97. The second-order valence-corrected chi connectivity index (χ2v) is 8.20. The predicted octanol–water partition coefficient (Wildman–Crippen LogP) is 4.98. The number of carbonyl (C=O) groups excluding carboxylic acids is 2. The fourth-order valence-electron chi connectivity index (χ4n) is 3.94. The molecular weight excluding hydrogens is 396 g/mol. The fraction of sp³-hybridized carbons (Fsp3) is 0.429. The van der Waals surface area contributed by atoms with Crippen LogP contribution in [0.2, 0.25) is 5.02 Å². The zero-order valence-corrected chi connectivity index (χ0v) is 17.8. The van der Waals surface area contributed by atoms with Crippen molar-refractivity contribution in [2.24, 2.45) is 0 Å². The lowest BCUT2D eigenvalue weighted by Crippen LogP contribution is -2.04. The molecular formula is C21H25ClN2O3S. The summed E-state index contributed by atoms with van der Waals surface area (Å²) in [7, 11) is 1.80. The van der Waals surface area contributed by atoms with Crippen molar-refractivity contribution in [2.45, 2.75) is 57.0 Å². The molecule has 2 aromatic rings. The van der Waals surface area contributed by atoms with Crippen LogP contribution in [0.4, 0.5) is 5.69 Å². The zero-order chi connectivity index (χ0) is 20.1. The summed E-state index contributed by atoms with van der Waals surface area (Å²) in [5.41, 5.74) is 6.86. The van der Waals surface area contributed by atoms with E-state index in [1.165, 1.54) is 40.5 Å². The van der Waals surface area contributed by atoms with Gasteiger partial charge in [-0.25, -0.2) is 0 Å². The van der Waals surface area contributed by atoms with Gasteiger partial charge in [-0.15, -0.1) is 0 Å². The summed E-state index contributed by atoms with van der Waals surface area (Å²) in [5.74, 6) is 0.113. The van der Waals surface area contributed by atoms with Crippen LogP contribution in [0.3, 0.4) is 0 Å². The maximum Gasteiger partial charge on any atom is 0.211 e. The zero-order valence-electron chi connectivity index (χ0n) is 16.2. The van der Waals surface area contributed by atoms with Crippen molar-refractivity contribution in [3.05, 3.63) is 45.2 Å². The maximum absolute atomic E-state index is 11.1. The summed E-state index contributed by atoms with van der Waals surface area (Å²) >= 11 is 7.81. The van der Waals surface area contributed by atoms with Gasteiger partial charge < -0.3 is 9.73 Å². The number of fused-ring (bicyclic) bond motifs is 2. The standard InChI is InChI=1S/C13H14ClNO.C8H11NO2S/c14-12-8-3-1-5-10(8)13(15-7-16)11-6-2-4-9(11)12;1-3-7(10)6-4-8(11-5-6)12-9-2/h7H,1-6H2,(H,15,16);4-5,9H,3H2,1-2H3. The number of anilines is 1. The molecule has 0 fully saturated rings. The first-order valence-corrected chi connectivity index (χ1v) is 10.8. The summed E-state index contributed by atoms with van der Waals surface area (Å²) in [5, 5.41) is 4.60. The molecule has 4 rings (SSSR count). The normalized spacial score (nSPS) is 14.1. The first-order valence-electron chi connectivity index (χ1n) is 9.61. The van der Waals surface area contributed by atoms with Crippen LogP contribution in [-0.4, -0.2) is 19.2 Å². The number of nitrogens with one attached hydrogen (secondary N) is 2. The molecule has 0 spiro atoms. The van der Waals surface area contributed by atoms with Gasteiger partial charge >= 0.3 is 0 Å². The molecule has 5 nitrogen and oxygen atoms in total. The molecule has 7 heteroatoms. The number of ketones is 1. The number of Topliss-reactive ketones (excluding diaryl/α,β-unsaturated/α-hetero) is 1. The van der Waals surface area contributed by atoms with Crippen LogP contribution in [-0.2, 0) is 30.5 Å². The van der Waals surface area contributed by atoms with E-state index in [4.69, 9.17) is 16.0 Å². The number of benzene rings is 1. The van der Waals surface area contributed by atoms with Gasteiger partial charge in [-0.05, 0) is 79.8 Å². The van der Waals surface area contributed by atoms with E-state index >= 15 is 0 Å². The van der Waals surface area contributed by atoms with Gasteiger partial charge in [-0.2, -0.15) is 0 Å². The highest BCUT2D eigenvalue weighted by atomic mass is 35.5. The van der Waals surface area contributed by atoms with Gasteiger partial charge in [0.05, 0.1) is 5.56 Å². The molecule has 1 aromatic carbocycles. The van der Waals surface area contributed by atoms with Crippen LogP contribution in [0.1, 0.15) is 58.8 Å². The molecule has 0 unspecified atom stereocenters. The molecule has 2 aliphatic rings. The van der Waals surface area contributed by atoms with E-state index in [9.17, 15) is 9.59 Å². The smallest absolute Gasteiger partial charge is 0.211 e. The first-order chi connectivity index (χ1) is 13.6. The Labute approximate surface area is 174 Å². The number of hydrogen-bond donors (Lipinski definition) is 2. The Morgan fingerprint density at radius 3 is 2.32 bits per heavy atom. The van der Waals surface area contributed by atoms with Gasteiger partial charge in [0.1, 0.15) is 6.26 Å². The number of amides is 1. The summed E-state index contributed by atoms with van der Waals surface area (Å²) in [6.45, 7) is 1.83. The van der Waals surface area contributed by atoms with Gasteiger partial charge in [0.25, 0.3) is 0 Å². The van der Waals surface area contributed by atoms with Crippen molar-refractivity contribution in [3.8, 4) is 0 Å². The van der Waals surface area contributed by atoms with E-state index in [0.717, 1.165) is 55.6 Å². The molecule has 0 saturated heterocycles.